The van der Waals surface area contributed by atoms with Crippen LogP contribution in [0.4, 0.5) is 0 Å². The number of hydrogen-bond donors (Lipinski definition) is 0. The normalized spacial score (nSPS) is 15.8. The maximum atomic E-state index is 12.6. The van der Waals surface area contributed by atoms with Crippen molar-refractivity contribution in [2.24, 2.45) is 0 Å². The van der Waals surface area contributed by atoms with Gasteiger partial charge in [0.1, 0.15) is 0 Å². The number of benzene rings is 1. The van der Waals surface area contributed by atoms with Crippen molar-refractivity contribution >= 4 is 5.91 Å². The molecule has 1 aliphatic heterocycles. The highest BCUT2D eigenvalue weighted by Gasteiger charge is 2.24. The number of carbonyl (C=O) groups is 1. The minimum Gasteiger partial charge on any atom is -0.336 e. The Kier molecular flexibility index (Phi) is 5.23. The lowest BCUT2D eigenvalue weighted by Gasteiger charge is -2.34. The zero-order valence-electron chi connectivity index (χ0n) is 15.7. The van der Waals surface area contributed by atoms with E-state index in [9.17, 15) is 4.79 Å². The Balaban J connectivity index is 1.60. The molecule has 0 spiro atoms. The predicted octanol–water partition coefficient (Wildman–Crippen LogP) is 2.67. The van der Waals surface area contributed by atoms with Crippen molar-refractivity contribution in [3.05, 3.63) is 52.3 Å². The van der Waals surface area contributed by atoms with Gasteiger partial charge in [0.25, 0.3) is 0 Å². The molecule has 1 aromatic heterocycles. The lowest BCUT2D eigenvalue weighted by molar-refractivity contribution is -0.136. The Bertz CT molecular complexity index is 745. The third-order valence-electron chi connectivity index (χ3n) is 4.95. The van der Waals surface area contributed by atoms with Crippen LogP contribution in [0.2, 0.25) is 0 Å². The lowest BCUT2D eigenvalue weighted by atomic mass is 10.1. The van der Waals surface area contributed by atoms with Gasteiger partial charge in [-0.2, -0.15) is 5.10 Å². The highest BCUT2D eigenvalue weighted by molar-refractivity contribution is 5.79. The van der Waals surface area contributed by atoms with Crippen LogP contribution in [0.1, 0.15) is 34.9 Å². The van der Waals surface area contributed by atoms with Gasteiger partial charge in [-0.25, -0.2) is 0 Å². The van der Waals surface area contributed by atoms with Crippen LogP contribution in [0.25, 0.3) is 0 Å². The molecular formula is C20H28N4O. The van der Waals surface area contributed by atoms with Crippen LogP contribution in [0.3, 0.4) is 0 Å². The SMILES string of the molecule is CCn1ncc(CN2CCN(Cc3cc(C)cc(C)c3)C(=O)C2)c1C. The first-order valence-corrected chi connectivity index (χ1v) is 9.05. The van der Waals surface area contributed by atoms with Gasteiger partial charge in [0.05, 0.1) is 12.7 Å². The van der Waals surface area contributed by atoms with Crippen molar-refractivity contribution in [1.29, 1.82) is 0 Å². The lowest BCUT2D eigenvalue weighted by Crippen LogP contribution is -2.49. The Morgan fingerprint density at radius 3 is 2.36 bits per heavy atom. The number of carbonyl (C=O) groups excluding carboxylic acids is 1. The third kappa shape index (κ3) is 4.10. The molecule has 0 radical (unpaired) electrons. The minimum absolute atomic E-state index is 0.214. The molecule has 1 fully saturated rings. The highest BCUT2D eigenvalue weighted by atomic mass is 16.2. The van der Waals surface area contributed by atoms with E-state index >= 15 is 0 Å². The molecule has 1 saturated heterocycles. The van der Waals surface area contributed by atoms with E-state index in [4.69, 9.17) is 0 Å². The van der Waals surface area contributed by atoms with Gasteiger partial charge in [-0.1, -0.05) is 29.3 Å². The van der Waals surface area contributed by atoms with E-state index in [1.54, 1.807) is 0 Å². The second-order valence-electron chi connectivity index (χ2n) is 7.09. The van der Waals surface area contributed by atoms with Crippen LogP contribution in [-0.2, 0) is 24.4 Å². The van der Waals surface area contributed by atoms with Crippen molar-refractivity contribution in [2.75, 3.05) is 19.6 Å². The van der Waals surface area contributed by atoms with Gasteiger partial charge in [-0.3, -0.25) is 14.4 Å². The molecule has 1 aromatic carbocycles. The summed E-state index contributed by atoms with van der Waals surface area (Å²) in [6.45, 7) is 13.0. The molecule has 2 heterocycles. The van der Waals surface area contributed by atoms with E-state index in [0.717, 1.165) is 26.2 Å². The van der Waals surface area contributed by atoms with Gasteiger partial charge in [0, 0.05) is 44.0 Å². The molecule has 0 N–H and O–H groups in total. The quantitative estimate of drug-likeness (QED) is 0.840. The number of hydrogen-bond acceptors (Lipinski definition) is 3. The smallest absolute Gasteiger partial charge is 0.237 e. The average Bonchev–Trinajstić information content (AvgIpc) is 2.89. The second kappa shape index (κ2) is 7.40. The molecule has 1 aliphatic rings. The molecule has 5 nitrogen and oxygen atoms in total. The largest absolute Gasteiger partial charge is 0.336 e. The monoisotopic (exact) mass is 340 g/mol. The fourth-order valence-electron chi connectivity index (χ4n) is 3.64. The van der Waals surface area contributed by atoms with Crippen LogP contribution < -0.4 is 0 Å². The van der Waals surface area contributed by atoms with E-state index < -0.39 is 0 Å². The zero-order chi connectivity index (χ0) is 18.0. The highest BCUT2D eigenvalue weighted by Crippen LogP contribution is 2.16. The molecular weight excluding hydrogens is 312 g/mol. The Labute approximate surface area is 150 Å². The first kappa shape index (κ1) is 17.7. The molecule has 134 valence electrons. The van der Waals surface area contributed by atoms with Crippen LogP contribution in [0.5, 0.6) is 0 Å². The average molecular weight is 340 g/mol. The molecule has 0 atom stereocenters. The summed E-state index contributed by atoms with van der Waals surface area (Å²) in [5, 5.41) is 4.40. The number of nitrogens with zero attached hydrogens (tertiary/aromatic N) is 4. The first-order valence-electron chi connectivity index (χ1n) is 9.05. The predicted molar refractivity (Wildman–Crippen MR) is 99.2 cm³/mol. The summed E-state index contributed by atoms with van der Waals surface area (Å²) < 4.78 is 2.01. The third-order valence-corrected chi connectivity index (χ3v) is 4.95. The molecule has 0 saturated carbocycles. The Hall–Kier alpha value is -2.14. The summed E-state index contributed by atoms with van der Waals surface area (Å²) in [6.07, 6.45) is 1.94. The second-order valence-corrected chi connectivity index (χ2v) is 7.09. The topological polar surface area (TPSA) is 41.4 Å². The van der Waals surface area contributed by atoms with E-state index in [1.807, 2.05) is 15.8 Å². The van der Waals surface area contributed by atoms with E-state index in [1.165, 1.54) is 27.9 Å². The number of aryl methyl sites for hydroxylation is 3. The summed E-state index contributed by atoms with van der Waals surface area (Å²) in [7, 11) is 0. The molecule has 1 amide bonds. The van der Waals surface area contributed by atoms with Crippen molar-refractivity contribution < 1.29 is 4.79 Å². The zero-order valence-corrected chi connectivity index (χ0v) is 15.7. The molecule has 0 bridgehead atoms. The maximum Gasteiger partial charge on any atom is 0.237 e. The van der Waals surface area contributed by atoms with E-state index in [2.05, 4.69) is 55.9 Å². The fraction of sp³-hybridized carbons (Fsp3) is 0.500. The molecule has 5 heteroatoms. The minimum atomic E-state index is 0.214. The molecule has 3 rings (SSSR count). The van der Waals surface area contributed by atoms with Gasteiger partial charge in [-0.05, 0) is 33.3 Å². The van der Waals surface area contributed by atoms with Crippen LogP contribution in [-0.4, -0.2) is 45.1 Å². The summed E-state index contributed by atoms with van der Waals surface area (Å²) in [4.78, 5) is 16.8. The Morgan fingerprint density at radius 1 is 1.04 bits per heavy atom. The number of amides is 1. The van der Waals surface area contributed by atoms with Gasteiger partial charge < -0.3 is 4.90 Å². The fourth-order valence-corrected chi connectivity index (χ4v) is 3.64. The van der Waals surface area contributed by atoms with E-state index in [0.29, 0.717) is 13.1 Å². The van der Waals surface area contributed by atoms with Gasteiger partial charge in [0.15, 0.2) is 0 Å². The molecule has 0 unspecified atom stereocenters. The van der Waals surface area contributed by atoms with Crippen molar-refractivity contribution in [3.8, 4) is 0 Å². The van der Waals surface area contributed by atoms with E-state index in [-0.39, 0.29) is 5.91 Å². The molecule has 25 heavy (non-hydrogen) atoms. The summed E-state index contributed by atoms with van der Waals surface area (Å²) in [5.41, 5.74) is 6.15. The molecule has 2 aromatic rings. The van der Waals surface area contributed by atoms with Crippen molar-refractivity contribution in [3.63, 3.8) is 0 Å². The standard InChI is InChI=1S/C20H28N4O/c1-5-24-17(4)19(11-21-24)13-22-6-7-23(20(25)14-22)12-18-9-15(2)8-16(3)10-18/h8-11H,5-7,12-14H2,1-4H3. The number of aromatic nitrogens is 2. The summed E-state index contributed by atoms with van der Waals surface area (Å²) >= 11 is 0. The van der Waals surface area contributed by atoms with Crippen molar-refractivity contribution in [1.82, 2.24) is 19.6 Å². The van der Waals surface area contributed by atoms with Crippen LogP contribution in [0, 0.1) is 20.8 Å². The summed E-state index contributed by atoms with van der Waals surface area (Å²) in [5.74, 6) is 0.214. The van der Waals surface area contributed by atoms with Crippen molar-refractivity contribution in [2.45, 2.75) is 47.3 Å². The van der Waals surface area contributed by atoms with Gasteiger partial charge in [0.2, 0.25) is 5.91 Å². The summed E-state index contributed by atoms with van der Waals surface area (Å²) in [6, 6.07) is 6.52. The molecule has 0 aliphatic carbocycles. The number of piperazine rings is 1. The van der Waals surface area contributed by atoms with Crippen LogP contribution >= 0.6 is 0 Å². The van der Waals surface area contributed by atoms with Gasteiger partial charge >= 0.3 is 0 Å². The Morgan fingerprint density at radius 2 is 1.76 bits per heavy atom. The maximum absolute atomic E-state index is 12.6. The number of rotatable bonds is 5. The first-order chi connectivity index (χ1) is 12.0. The van der Waals surface area contributed by atoms with Crippen LogP contribution in [0.15, 0.2) is 24.4 Å². The van der Waals surface area contributed by atoms with Gasteiger partial charge in [-0.15, -0.1) is 0 Å².